The summed E-state index contributed by atoms with van der Waals surface area (Å²) in [4.78, 5) is 12.2. The van der Waals surface area contributed by atoms with Gasteiger partial charge < -0.3 is 15.4 Å². The van der Waals surface area contributed by atoms with Gasteiger partial charge in [0.05, 0.1) is 12.3 Å². The van der Waals surface area contributed by atoms with Crippen molar-refractivity contribution in [3.05, 3.63) is 78.9 Å². The molecule has 126 valence electrons. The molecule has 3 aromatic carbocycles. The van der Waals surface area contributed by atoms with Gasteiger partial charge in [-0.05, 0) is 42.3 Å². The average molecular weight is 332 g/mol. The number of amides is 2. The normalized spacial score (nSPS) is 10.1. The van der Waals surface area contributed by atoms with Crippen LogP contribution in [0.2, 0.25) is 0 Å². The summed E-state index contributed by atoms with van der Waals surface area (Å²) < 4.78 is 5.51. The summed E-state index contributed by atoms with van der Waals surface area (Å²) in [6.45, 7) is 2.45. The summed E-state index contributed by atoms with van der Waals surface area (Å²) in [6.07, 6.45) is 0. The SMILES string of the molecule is CCOc1ccccc1NC(=O)Nc1ccc(-c2ccccc2)cc1. The van der Waals surface area contributed by atoms with Crippen LogP contribution in [0.25, 0.3) is 11.1 Å². The van der Waals surface area contributed by atoms with E-state index in [0.717, 1.165) is 16.8 Å². The Balaban J connectivity index is 1.65. The van der Waals surface area contributed by atoms with Crippen LogP contribution in [-0.4, -0.2) is 12.6 Å². The van der Waals surface area contributed by atoms with Crippen LogP contribution in [0, 0.1) is 0 Å². The van der Waals surface area contributed by atoms with E-state index >= 15 is 0 Å². The van der Waals surface area contributed by atoms with Gasteiger partial charge >= 0.3 is 6.03 Å². The van der Waals surface area contributed by atoms with E-state index in [4.69, 9.17) is 4.74 Å². The van der Waals surface area contributed by atoms with E-state index in [1.807, 2.05) is 73.7 Å². The summed E-state index contributed by atoms with van der Waals surface area (Å²) in [5, 5.41) is 5.65. The van der Waals surface area contributed by atoms with Crippen LogP contribution in [0.1, 0.15) is 6.92 Å². The topological polar surface area (TPSA) is 50.4 Å². The van der Waals surface area contributed by atoms with Gasteiger partial charge in [0.2, 0.25) is 0 Å². The first-order chi connectivity index (χ1) is 12.3. The van der Waals surface area contributed by atoms with E-state index in [0.29, 0.717) is 18.0 Å². The fourth-order valence-corrected chi connectivity index (χ4v) is 2.51. The summed E-state index contributed by atoms with van der Waals surface area (Å²) in [5.41, 5.74) is 3.62. The molecule has 0 spiro atoms. The Hall–Kier alpha value is -3.27. The number of benzene rings is 3. The van der Waals surface area contributed by atoms with Crippen LogP contribution in [0.15, 0.2) is 78.9 Å². The Bertz CT molecular complexity index is 830. The van der Waals surface area contributed by atoms with Crippen LogP contribution in [-0.2, 0) is 0 Å². The average Bonchev–Trinajstić information content (AvgIpc) is 2.65. The highest BCUT2D eigenvalue weighted by molar-refractivity contribution is 6.00. The van der Waals surface area contributed by atoms with Crippen molar-refractivity contribution in [1.82, 2.24) is 0 Å². The van der Waals surface area contributed by atoms with Crippen molar-refractivity contribution in [3.63, 3.8) is 0 Å². The highest BCUT2D eigenvalue weighted by atomic mass is 16.5. The van der Waals surface area contributed by atoms with E-state index in [2.05, 4.69) is 22.8 Å². The third-order valence-corrected chi connectivity index (χ3v) is 3.68. The van der Waals surface area contributed by atoms with Gasteiger partial charge in [0.15, 0.2) is 0 Å². The van der Waals surface area contributed by atoms with Crippen LogP contribution < -0.4 is 15.4 Å². The Kier molecular flexibility index (Phi) is 5.32. The molecule has 0 saturated heterocycles. The van der Waals surface area contributed by atoms with Crippen molar-refractivity contribution >= 4 is 17.4 Å². The molecule has 25 heavy (non-hydrogen) atoms. The first-order valence-electron chi connectivity index (χ1n) is 8.21. The number of nitrogens with one attached hydrogen (secondary N) is 2. The highest BCUT2D eigenvalue weighted by Gasteiger charge is 2.07. The maximum atomic E-state index is 12.2. The Morgan fingerprint density at radius 2 is 1.44 bits per heavy atom. The first kappa shape index (κ1) is 16.6. The molecule has 2 N–H and O–H groups in total. The third-order valence-electron chi connectivity index (χ3n) is 3.68. The molecule has 0 radical (unpaired) electrons. The first-order valence-corrected chi connectivity index (χ1v) is 8.21. The molecule has 0 bridgehead atoms. The molecule has 0 fully saturated rings. The molecule has 0 aliphatic rings. The zero-order valence-electron chi connectivity index (χ0n) is 14.0. The largest absolute Gasteiger partial charge is 0.492 e. The van der Waals surface area contributed by atoms with Gasteiger partial charge in [0, 0.05) is 5.69 Å². The van der Waals surface area contributed by atoms with Crippen molar-refractivity contribution in [2.75, 3.05) is 17.2 Å². The molecule has 0 aliphatic carbocycles. The molecular weight excluding hydrogens is 312 g/mol. The van der Waals surface area contributed by atoms with Crippen molar-refractivity contribution in [3.8, 4) is 16.9 Å². The summed E-state index contributed by atoms with van der Waals surface area (Å²) in [5.74, 6) is 0.652. The minimum absolute atomic E-state index is 0.306. The van der Waals surface area contributed by atoms with Crippen molar-refractivity contribution in [1.29, 1.82) is 0 Å². The summed E-state index contributed by atoms with van der Waals surface area (Å²) in [7, 11) is 0. The number of para-hydroxylation sites is 2. The van der Waals surface area contributed by atoms with E-state index in [1.54, 1.807) is 0 Å². The van der Waals surface area contributed by atoms with E-state index in [-0.39, 0.29) is 6.03 Å². The van der Waals surface area contributed by atoms with E-state index in [9.17, 15) is 4.79 Å². The number of hydrogen-bond acceptors (Lipinski definition) is 2. The van der Waals surface area contributed by atoms with Gasteiger partial charge in [-0.25, -0.2) is 4.79 Å². The number of ether oxygens (including phenoxy) is 1. The molecule has 2 amide bonds. The minimum Gasteiger partial charge on any atom is -0.492 e. The quantitative estimate of drug-likeness (QED) is 0.657. The van der Waals surface area contributed by atoms with Crippen LogP contribution >= 0.6 is 0 Å². The number of urea groups is 1. The Morgan fingerprint density at radius 3 is 2.16 bits per heavy atom. The summed E-state index contributed by atoms with van der Waals surface area (Å²) >= 11 is 0. The van der Waals surface area contributed by atoms with Crippen LogP contribution in [0.5, 0.6) is 5.75 Å². The molecule has 4 heteroatoms. The van der Waals surface area contributed by atoms with Crippen molar-refractivity contribution in [2.45, 2.75) is 6.92 Å². The number of hydrogen-bond donors (Lipinski definition) is 2. The molecule has 0 saturated carbocycles. The van der Waals surface area contributed by atoms with Gasteiger partial charge in [-0.15, -0.1) is 0 Å². The van der Waals surface area contributed by atoms with Gasteiger partial charge in [0.25, 0.3) is 0 Å². The number of anilines is 2. The monoisotopic (exact) mass is 332 g/mol. The molecule has 3 aromatic rings. The second-order valence-corrected chi connectivity index (χ2v) is 5.45. The fraction of sp³-hybridized carbons (Fsp3) is 0.0952. The molecule has 4 nitrogen and oxygen atoms in total. The lowest BCUT2D eigenvalue weighted by atomic mass is 10.1. The number of carbonyl (C=O) groups is 1. The maximum Gasteiger partial charge on any atom is 0.323 e. The minimum atomic E-state index is -0.306. The zero-order chi connectivity index (χ0) is 17.5. The number of rotatable bonds is 5. The third kappa shape index (κ3) is 4.38. The summed E-state index contributed by atoms with van der Waals surface area (Å²) in [6, 6.07) is 24.9. The Morgan fingerprint density at radius 1 is 0.800 bits per heavy atom. The highest BCUT2D eigenvalue weighted by Crippen LogP contribution is 2.24. The van der Waals surface area contributed by atoms with Crippen LogP contribution in [0.3, 0.4) is 0 Å². The predicted molar refractivity (Wildman–Crippen MR) is 102 cm³/mol. The van der Waals surface area contributed by atoms with Crippen molar-refractivity contribution in [2.24, 2.45) is 0 Å². The molecule has 0 aromatic heterocycles. The molecule has 0 aliphatic heterocycles. The lowest BCUT2D eigenvalue weighted by Gasteiger charge is -2.12. The molecular formula is C21H20N2O2. The molecule has 0 unspecified atom stereocenters. The maximum absolute atomic E-state index is 12.2. The van der Waals surface area contributed by atoms with Gasteiger partial charge in [-0.3, -0.25) is 0 Å². The smallest absolute Gasteiger partial charge is 0.323 e. The second-order valence-electron chi connectivity index (χ2n) is 5.45. The standard InChI is InChI=1S/C21H20N2O2/c1-2-25-20-11-7-6-10-19(20)23-21(24)22-18-14-12-17(13-15-18)16-8-4-3-5-9-16/h3-15H,2H2,1H3,(H2,22,23,24). The molecule has 0 atom stereocenters. The van der Waals surface area contributed by atoms with E-state index < -0.39 is 0 Å². The Labute approximate surface area is 147 Å². The fourth-order valence-electron chi connectivity index (χ4n) is 2.51. The molecule has 0 heterocycles. The lowest BCUT2D eigenvalue weighted by molar-refractivity contribution is 0.262. The van der Waals surface area contributed by atoms with Crippen molar-refractivity contribution < 1.29 is 9.53 Å². The second kappa shape index (κ2) is 8.02. The number of carbonyl (C=O) groups excluding carboxylic acids is 1. The van der Waals surface area contributed by atoms with Gasteiger partial charge in [-0.2, -0.15) is 0 Å². The zero-order valence-corrected chi connectivity index (χ0v) is 14.0. The van der Waals surface area contributed by atoms with E-state index in [1.165, 1.54) is 0 Å². The van der Waals surface area contributed by atoms with Gasteiger partial charge in [0.1, 0.15) is 5.75 Å². The molecule has 3 rings (SSSR count). The van der Waals surface area contributed by atoms with Gasteiger partial charge in [-0.1, -0.05) is 54.6 Å². The van der Waals surface area contributed by atoms with Crippen LogP contribution in [0.4, 0.5) is 16.2 Å². The lowest BCUT2D eigenvalue weighted by Crippen LogP contribution is -2.19. The predicted octanol–water partition coefficient (Wildman–Crippen LogP) is 5.40.